The summed E-state index contributed by atoms with van der Waals surface area (Å²) >= 11 is 0. The number of rotatable bonds is 6. The maximum atomic E-state index is 14.5. The van der Waals surface area contributed by atoms with Crippen molar-refractivity contribution in [3.05, 3.63) is 47.6 Å². The third-order valence-electron chi connectivity index (χ3n) is 16.0. The molecule has 73 heavy (non-hydrogen) atoms. The number of aliphatic hydroxyl groups is 3. The Labute approximate surface area is 432 Å². The molecule has 0 radical (unpaired) electrons. The number of hydrogen-bond acceptors (Lipinski definition) is 15. The SMILES string of the molecule is CO[C@@H]1C[C@H](C[C@@H](C)[C@@H]2CC(=O)[C@H](C)/C=C(\C)[C@@H](O)[C@@H](OC)C(=O)[C@H](C)C[C@H](C)/C=C/C=C/C=C(\C)[C@H](N(O)C(=O)N3CCOCC3)C[C@@H]3CC[C@@H](C)[C@@](O)(O3)C(=O)C(=O)N3CCCC[C@H]3C(=O)O2)CC[C@H]1O. The predicted octanol–water partition coefficient (Wildman–Crippen LogP) is 5.68. The van der Waals surface area contributed by atoms with Crippen molar-refractivity contribution in [3.63, 3.8) is 0 Å². The van der Waals surface area contributed by atoms with Gasteiger partial charge in [0.05, 0.1) is 37.6 Å². The van der Waals surface area contributed by atoms with Crippen LogP contribution in [-0.2, 0) is 47.7 Å². The monoisotopic (exact) mass is 1030 g/mol. The third kappa shape index (κ3) is 15.5. The Bertz CT molecular complexity index is 2030. The Balaban J connectivity index is 1.51. The molecule has 1 saturated carbocycles. The fraction of sp³-hybridized carbons (Fsp3) is 0.745. The van der Waals surface area contributed by atoms with Crippen LogP contribution in [0.1, 0.15) is 126 Å². The van der Waals surface area contributed by atoms with E-state index in [1.165, 1.54) is 12.0 Å². The summed E-state index contributed by atoms with van der Waals surface area (Å²) in [6, 6.07) is -2.86. The average Bonchev–Trinajstić information content (AvgIpc) is 3.38. The number of piperidine rings is 1. The molecule has 4 fully saturated rings. The molecule has 18 heteroatoms. The Morgan fingerprint density at radius 1 is 0.877 bits per heavy atom. The van der Waals surface area contributed by atoms with Crippen LogP contribution in [0.15, 0.2) is 47.6 Å². The average molecular weight is 1030 g/mol. The van der Waals surface area contributed by atoms with Gasteiger partial charge in [0.2, 0.25) is 5.79 Å². The highest BCUT2D eigenvalue weighted by Crippen LogP contribution is 2.38. The summed E-state index contributed by atoms with van der Waals surface area (Å²) in [5.74, 6) is -8.88. The summed E-state index contributed by atoms with van der Waals surface area (Å²) in [6.45, 7) is 13.4. The number of fused-ring (bicyclic) bond motifs is 3. The predicted molar refractivity (Wildman–Crippen MR) is 270 cm³/mol. The summed E-state index contributed by atoms with van der Waals surface area (Å²) in [6.07, 6.45) is 9.42. The van der Waals surface area contributed by atoms with Crippen LogP contribution in [0.2, 0.25) is 0 Å². The van der Waals surface area contributed by atoms with Gasteiger partial charge in [0, 0.05) is 64.4 Å². The van der Waals surface area contributed by atoms with Gasteiger partial charge in [-0.25, -0.2) is 9.59 Å². The van der Waals surface area contributed by atoms with Crippen molar-refractivity contribution < 1.29 is 73.0 Å². The molecule has 0 aromatic carbocycles. The van der Waals surface area contributed by atoms with Crippen LogP contribution in [0.25, 0.3) is 0 Å². The van der Waals surface area contributed by atoms with Crippen LogP contribution in [0.3, 0.4) is 0 Å². The van der Waals surface area contributed by atoms with Gasteiger partial charge in [-0.2, -0.15) is 5.06 Å². The van der Waals surface area contributed by atoms with E-state index < -0.39 is 89.8 Å². The molecule has 0 unspecified atom stereocenters. The fourth-order valence-corrected chi connectivity index (χ4v) is 11.2. The van der Waals surface area contributed by atoms with Crippen LogP contribution in [-0.4, -0.2) is 172 Å². The topological polar surface area (TPSA) is 239 Å². The lowest BCUT2D eigenvalue weighted by molar-refractivity contribution is -0.266. The normalized spacial score (nSPS) is 38.5. The molecule has 5 aliphatic rings. The van der Waals surface area contributed by atoms with Crippen molar-refractivity contribution in [2.45, 2.75) is 180 Å². The molecular weight excluding hydrogens is 943 g/mol. The lowest BCUT2D eigenvalue weighted by Crippen LogP contribution is -2.61. The molecule has 3 saturated heterocycles. The number of aliphatic hydroxyl groups excluding tert-OH is 2. The third-order valence-corrected chi connectivity index (χ3v) is 16.0. The maximum Gasteiger partial charge on any atom is 0.344 e. The zero-order valence-corrected chi connectivity index (χ0v) is 44.7. The van der Waals surface area contributed by atoms with Crippen molar-refractivity contribution in [1.29, 1.82) is 0 Å². The lowest BCUT2D eigenvalue weighted by Gasteiger charge is -2.43. The largest absolute Gasteiger partial charge is 0.460 e. The molecule has 5 rings (SSSR count). The van der Waals surface area contributed by atoms with Gasteiger partial charge in [0.15, 0.2) is 5.78 Å². The van der Waals surface area contributed by atoms with Gasteiger partial charge in [-0.1, -0.05) is 71.1 Å². The van der Waals surface area contributed by atoms with E-state index in [0.717, 1.165) is 4.90 Å². The van der Waals surface area contributed by atoms with E-state index in [2.05, 4.69) is 0 Å². The molecule has 0 aromatic heterocycles. The van der Waals surface area contributed by atoms with Crippen LogP contribution in [0.4, 0.5) is 4.79 Å². The van der Waals surface area contributed by atoms with Crippen LogP contribution >= 0.6 is 0 Å². The number of cyclic esters (lactones) is 1. The van der Waals surface area contributed by atoms with Gasteiger partial charge in [0.25, 0.3) is 11.7 Å². The number of hydroxylamine groups is 2. The van der Waals surface area contributed by atoms with Crippen molar-refractivity contribution >= 4 is 35.3 Å². The van der Waals surface area contributed by atoms with E-state index in [0.29, 0.717) is 80.8 Å². The van der Waals surface area contributed by atoms with E-state index in [1.54, 1.807) is 66.0 Å². The van der Waals surface area contributed by atoms with E-state index >= 15 is 0 Å². The number of amides is 3. The van der Waals surface area contributed by atoms with Gasteiger partial charge in [-0.3, -0.25) is 24.4 Å². The van der Waals surface area contributed by atoms with Gasteiger partial charge in [0.1, 0.15) is 30.1 Å². The van der Waals surface area contributed by atoms with Crippen molar-refractivity contribution in [2.75, 3.05) is 47.1 Å². The number of nitrogens with zero attached hydrogens (tertiary/aromatic N) is 3. The smallest absolute Gasteiger partial charge is 0.344 e. The number of carbonyl (C=O) groups excluding carboxylic acids is 6. The van der Waals surface area contributed by atoms with Gasteiger partial charge < -0.3 is 48.8 Å². The van der Waals surface area contributed by atoms with Crippen molar-refractivity contribution in [1.82, 2.24) is 14.9 Å². The molecular formula is C55H85N3O15. The molecule has 2 bridgehead atoms. The maximum absolute atomic E-state index is 14.5. The number of Topliss-reactive ketones (excluding diaryl/α,β-unsaturated/α-hetero) is 3. The van der Waals surface area contributed by atoms with Crippen LogP contribution in [0.5, 0.6) is 0 Å². The molecule has 1 aliphatic carbocycles. The molecule has 410 valence electrons. The number of hydrogen-bond donors (Lipinski definition) is 4. The Hall–Kier alpha value is -4.14. The minimum Gasteiger partial charge on any atom is -0.460 e. The second kappa shape index (κ2) is 27.6. The number of methoxy groups -OCH3 is 2. The molecule has 0 spiro atoms. The standard InChI is InChI=1S/C55H85N3O15/c1-33-15-11-10-12-16-34(2)43(58(68)54(66)56-23-25-71-26-24-56)31-41-20-18-39(7)55(67,73-41)51(63)52(64)57-22-14-13-17-42(57)53(65)72-46(36(4)29-40-19-21-44(59)47(30-40)69-8)32-45(60)35(3)28-38(6)49(62)50(70-9)48(61)37(5)27-33/h10-12,15-16,28,33,35-37,39-44,46-47,49-50,59,62,67-68H,13-14,17-27,29-32H2,1-9H3/b12-10+,15-11+,34-16+,38-28+/t33-,35-,36-,37-,39-,40+,41+,42+,43-,44-,46+,47-,49-,50+,55-/m1/s1. The first kappa shape index (κ1) is 59.7. The number of esters is 1. The first-order valence-corrected chi connectivity index (χ1v) is 26.6. The second-order valence-corrected chi connectivity index (χ2v) is 21.6. The van der Waals surface area contributed by atoms with Crippen LogP contribution in [0, 0.1) is 35.5 Å². The Kier molecular flexibility index (Phi) is 22.6. The quantitative estimate of drug-likeness (QED) is 0.0824. The highest BCUT2D eigenvalue weighted by Gasteiger charge is 2.53. The number of urea groups is 1. The Morgan fingerprint density at radius 3 is 2.27 bits per heavy atom. The number of carbonyl (C=O) groups is 6. The van der Waals surface area contributed by atoms with Crippen molar-refractivity contribution in [3.8, 4) is 0 Å². The zero-order chi connectivity index (χ0) is 53.7. The Morgan fingerprint density at radius 2 is 1.59 bits per heavy atom. The second-order valence-electron chi connectivity index (χ2n) is 21.6. The summed E-state index contributed by atoms with van der Waals surface area (Å²) in [5, 5.41) is 46.5. The van der Waals surface area contributed by atoms with E-state index in [9.17, 15) is 49.3 Å². The summed E-state index contributed by atoms with van der Waals surface area (Å²) in [7, 11) is 2.91. The summed E-state index contributed by atoms with van der Waals surface area (Å²) < 4.78 is 29.1. The fourth-order valence-electron chi connectivity index (χ4n) is 11.2. The minimum absolute atomic E-state index is 0.0180. The van der Waals surface area contributed by atoms with Crippen molar-refractivity contribution in [2.24, 2.45) is 35.5 Å². The molecule has 18 nitrogen and oxygen atoms in total. The first-order valence-electron chi connectivity index (χ1n) is 26.6. The zero-order valence-electron chi connectivity index (χ0n) is 44.7. The summed E-state index contributed by atoms with van der Waals surface area (Å²) in [4.78, 5) is 87.8. The number of ether oxygens (including phenoxy) is 5. The molecule has 3 amide bonds. The van der Waals surface area contributed by atoms with Crippen LogP contribution < -0.4 is 0 Å². The highest BCUT2D eigenvalue weighted by atomic mass is 16.6. The van der Waals surface area contributed by atoms with E-state index in [1.807, 2.05) is 26.0 Å². The molecule has 15 atom stereocenters. The lowest BCUT2D eigenvalue weighted by atomic mass is 9.78. The molecule has 4 aliphatic heterocycles. The molecule has 4 heterocycles. The van der Waals surface area contributed by atoms with E-state index in [-0.39, 0.29) is 80.7 Å². The number of ketones is 3. The highest BCUT2D eigenvalue weighted by molar-refractivity contribution is 6.39. The van der Waals surface area contributed by atoms with E-state index in [4.69, 9.17) is 23.7 Å². The molecule has 4 N–H and O–H groups in total. The van der Waals surface area contributed by atoms with Gasteiger partial charge in [-0.15, -0.1) is 0 Å². The van der Waals surface area contributed by atoms with Gasteiger partial charge >= 0.3 is 12.0 Å². The van der Waals surface area contributed by atoms with Gasteiger partial charge in [-0.05, 0) is 107 Å². The minimum atomic E-state index is -2.61. The number of allylic oxidation sites excluding steroid dienone is 6. The first-order chi connectivity index (χ1) is 34.6. The number of morpholine rings is 1. The summed E-state index contributed by atoms with van der Waals surface area (Å²) in [5.41, 5.74) is 0.913. The molecule has 0 aromatic rings.